The number of benzene rings is 1. The number of methoxy groups -OCH3 is 1. The van der Waals surface area contributed by atoms with Crippen LogP contribution in [0.1, 0.15) is 36.5 Å². The Morgan fingerprint density at radius 2 is 2.04 bits per heavy atom. The Hall–Kier alpha value is -2.11. The lowest BCUT2D eigenvalue weighted by Crippen LogP contribution is -2.39. The number of ether oxygens (including phenoxy) is 1. The van der Waals surface area contributed by atoms with Gasteiger partial charge in [-0.15, -0.1) is 0 Å². The van der Waals surface area contributed by atoms with Crippen LogP contribution >= 0.6 is 0 Å². The molecule has 0 atom stereocenters. The summed E-state index contributed by atoms with van der Waals surface area (Å²) in [6, 6.07) is 4.17. The third-order valence-corrected chi connectivity index (χ3v) is 4.18. The van der Waals surface area contributed by atoms with Gasteiger partial charge in [0.05, 0.1) is 12.7 Å². The normalized spacial score (nSPS) is 15.3. The molecule has 1 N–H and O–H groups in total. The smallest absolute Gasteiger partial charge is 0.255 e. The average Bonchev–Trinajstić information content (AvgIpc) is 2.55. The number of carbonyl (C=O) groups is 2. The van der Waals surface area contributed by atoms with Gasteiger partial charge in [-0.1, -0.05) is 13.0 Å². The molecule has 1 fully saturated rings. The van der Waals surface area contributed by atoms with Crippen LogP contribution in [0.15, 0.2) is 18.2 Å². The van der Waals surface area contributed by atoms with E-state index in [1.54, 1.807) is 0 Å². The van der Waals surface area contributed by atoms with Gasteiger partial charge in [-0.05, 0) is 30.9 Å². The highest BCUT2D eigenvalue weighted by molar-refractivity contribution is 5.97. The van der Waals surface area contributed by atoms with Crippen LogP contribution in [0, 0.1) is 11.7 Å². The molecule has 1 aliphatic rings. The largest absolute Gasteiger partial charge is 0.493 e. The summed E-state index contributed by atoms with van der Waals surface area (Å²) in [4.78, 5) is 26.0. The molecule has 0 radical (unpaired) electrons. The van der Waals surface area contributed by atoms with Gasteiger partial charge in [0.25, 0.3) is 5.91 Å². The van der Waals surface area contributed by atoms with E-state index in [2.05, 4.69) is 12.2 Å². The second-order valence-corrected chi connectivity index (χ2v) is 5.89. The maximum atomic E-state index is 13.6. The SMILES string of the molecule is COc1c(F)cccc1C(=O)NCCC(=O)N1CCC(C)CC1. The molecule has 1 aromatic rings. The quantitative estimate of drug-likeness (QED) is 0.904. The summed E-state index contributed by atoms with van der Waals surface area (Å²) in [5.74, 6) is -0.399. The van der Waals surface area contributed by atoms with Gasteiger partial charge in [-0.2, -0.15) is 0 Å². The van der Waals surface area contributed by atoms with E-state index in [0.29, 0.717) is 5.92 Å². The molecular weight excluding hydrogens is 299 g/mol. The molecule has 0 saturated carbocycles. The molecule has 0 spiro atoms. The van der Waals surface area contributed by atoms with Crippen LogP contribution in [0.2, 0.25) is 0 Å². The number of nitrogens with one attached hydrogen (secondary N) is 1. The van der Waals surface area contributed by atoms with Crippen molar-refractivity contribution in [3.63, 3.8) is 0 Å². The summed E-state index contributed by atoms with van der Waals surface area (Å²) in [7, 11) is 1.32. The molecule has 1 saturated heterocycles. The molecule has 1 aromatic carbocycles. The number of halogens is 1. The summed E-state index contributed by atoms with van der Waals surface area (Å²) < 4.78 is 18.5. The van der Waals surface area contributed by atoms with Gasteiger partial charge in [-0.25, -0.2) is 4.39 Å². The Morgan fingerprint density at radius 3 is 2.70 bits per heavy atom. The minimum absolute atomic E-state index is 0.0448. The van der Waals surface area contributed by atoms with Crippen LogP contribution in [0.4, 0.5) is 4.39 Å². The molecule has 0 unspecified atom stereocenters. The maximum Gasteiger partial charge on any atom is 0.255 e. The van der Waals surface area contributed by atoms with E-state index in [-0.39, 0.29) is 30.2 Å². The lowest BCUT2D eigenvalue weighted by Gasteiger charge is -2.30. The molecule has 0 aromatic heterocycles. The van der Waals surface area contributed by atoms with E-state index in [1.165, 1.54) is 25.3 Å². The summed E-state index contributed by atoms with van der Waals surface area (Å²) in [5.41, 5.74) is 0.131. The fourth-order valence-corrected chi connectivity index (χ4v) is 2.69. The number of likely N-dealkylation sites (tertiary alicyclic amines) is 1. The van der Waals surface area contributed by atoms with E-state index in [1.807, 2.05) is 4.90 Å². The molecule has 23 heavy (non-hydrogen) atoms. The van der Waals surface area contributed by atoms with Crippen LogP contribution in [-0.2, 0) is 4.79 Å². The lowest BCUT2D eigenvalue weighted by molar-refractivity contribution is -0.132. The summed E-state index contributed by atoms with van der Waals surface area (Å²) in [6.07, 6.45) is 2.30. The number of carbonyl (C=O) groups excluding carboxylic acids is 2. The fourth-order valence-electron chi connectivity index (χ4n) is 2.69. The van der Waals surface area contributed by atoms with E-state index in [0.717, 1.165) is 25.9 Å². The summed E-state index contributed by atoms with van der Waals surface area (Å²) in [6.45, 7) is 3.98. The number of rotatable bonds is 5. The molecule has 5 nitrogen and oxygen atoms in total. The van der Waals surface area contributed by atoms with Gasteiger partial charge in [0.2, 0.25) is 5.91 Å². The zero-order valence-electron chi connectivity index (χ0n) is 13.6. The Morgan fingerprint density at radius 1 is 1.35 bits per heavy atom. The van der Waals surface area contributed by atoms with Crippen molar-refractivity contribution in [2.24, 2.45) is 5.92 Å². The first-order valence-corrected chi connectivity index (χ1v) is 7.91. The van der Waals surface area contributed by atoms with Gasteiger partial charge < -0.3 is 15.0 Å². The minimum atomic E-state index is -0.585. The highest BCUT2D eigenvalue weighted by Crippen LogP contribution is 2.22. The van der Waals surface area contributed by atoms with E-state index in [4.69, 9.17) is 4.74 Å². The van der Waals surface area contributed by atoms with Crippen LogP contribution in [-0.4, -0.2) is 43.5 Å². The first-order chi connectivity index (χ1) is 11.0. The fraction of sp³-hybridized carbons (Fsp3) is 0.529. The third kappa shape index (κ3) is 4.43. The van der Waals surface area contributed by atoms with Crippen molar-refractivity contribution in [2.45, 2.75) is 26.2 Å². The average molecular weight is 322 g/mol. The van der Waals surface area contributed by atoms with Crippen molar-refractivity contribution in [1.82, 2.24) is 10.2 Å². The Labute approximate surface area is 135 Å². The van der Waals surface area contributed by atoms with Crippen molar-refractivity contribution in [2.75, 3.05) is 26.7 Å². The Bertz CT molecular complexity index is 569. The molecule has 2 amide bonds. The molecule has 0 bridgehead atoms. The Balaban J connectivity index is 1.83. The molecule has 126 valence electrons. The Kier molecular flexibility index (Phi) is 5.96. The third-order valence-electron chi connectivity index (χ3n) is 4.18. The second-order valence-electron chi connectivity index (χ2n) is 5.89. The van der Waals surface area contributed by atoms with Crippen molar-refractivity contribution < 1.29 is 18.7 Å². The molecular formula is C17H23FN2O3. The topological polar surface area (TPSA) is 58.6 Å². The van der Waals surface area contributed by atoms with E-state index in [9.17, 15) is 14.0 Å². The van der Waals surface area contributed by atoms with Crippen molar-refractivity contribution >= 4 is 11.8 Å². The molecule has 2 rings (SSSR count). The number of piperidine rings is 1. The van der Waals surface area contributed by atoms with Gasteiger partial charge in [0.15, 0.2) is 11.6 Å². The predicted octanol–water partition coefficient (Wildman–Crippen LogP) is 2.21. The maximum absolute atomic E-state index is 13.6. The predicted molar refractivity (Wildman–Crippen MR) is 84.9 cm³/mol. The van der Waals surface area contributed by atoms with E-state index >= 15 is 0 Å². The standard InChI is InChI=1S/C17H23FN2O3/c1-12-7-10-20(11-8-12)15(21)6-9-19-17(22)13-4-3-5-14(18)16(13)23-2/h3-5,12H,6-11H2,1-2H3,(H,19,22). The van der Waals surface area contributed by atoms with Gasteiger partial charge in [0.1, 0.15) is 0 Å². The van der Waals surface area contributed by atoms with Crippen molar-refractivity contribution in [1.29, 1.82) is 0 Å². The summed E-state index contributed by atoms with van der Waals surface area (Å²) >= 11 is 0. The molecule has 1 aliphatic heterocycles. The molecule has 6 heteroatoms. The van der Waals surface area contributed by atoms with Gasteiger partial charge >= 0.3 is 0 Å². The number of amides is 2. The van der Waals surface area contributed by atoms with Crippen LogP contribution in [0.25, 0.3) is 0 Å². The van der Waals surface area contributed by atoms with Gasteiger partial charge in [-0.3, -0.25) is 9.59 Å². The highest BCUT2D eigenvalue weighted by Gasteiger charge is 2.20. The lowest BCUT2D eigenvalue weighted by atomic mass is 9.99. The van der Waals surface area contributed by atoms with E-state index < -0.39 is 11.7 Å². The monoisotopic (exact) mass is 322 g/mol. The number of hydrogen-bond donors (Lipinski definition) is 1. The minimum Gasteiger partial charge on any atom is -0.493 e. The summed E-state index contributed by atoms with van der Waals surface area (Å²) in [5, 5.41) is 2.65. The van der Waals surface area contributed by atoms with Crippen LogP contribution in [0.5, 0.6) is 5.75 Å². The van der Waals surface area contributed by atoms with Gasteiger partial charge in [0, 0.05) is 26.1 Å². The highest BCUT2D eigenvalue weighted by atomic mass is 19.1. The zero-order valence-corrected chi connectivity index (χ0v) is 13.6. The molecule has 1 heterocycles. The second kappa shape index (κ2) is 7.94. The first kappa shape index (κ1) is 17.2. The van der Waals surface area contributed by atoms with Crippen molar-refractivity contribution in [3.8, 4) is 5.75 Å². The van der Waals surface area contributed by atoms with Crippen LogP contribution < -0.4 is 10.1 Å². The zero-order chi connectivity index (χ0) is 16.8. The number of nitrogens with zero attached hydrogens (tertiary/aromatic N) is 1. The number of para-hydroxylation sites is 1. The molecule has 0 aliphatic carbocycles. The number of hydrogen-bond acceptors (Lipinski definition) is 3. The first-order valence-electron chi connectivity index (χ1n) is 7.91. The van der Waals surface area contributed by atoms with Crippen molar-refractivity contribution in [3.05, 3.63) is 29.6 Å². The van der Waals surface area contributed by atoms with Crippen LogP contribution in [0.3, 0.4) is 0 Å².